The third kappa shape index (κ3) is 4.08. The molecule has 2 rings (SSSR count). The maximum Gasteiger partial charge on any atom is 0.185 e. The summed E-state index contributed by atoms with van der Waals surface area (Å²) in [5, 5.41) is 0. The van der Waals surface area contributed by atoms with E-state index in [1.54, 1.807) is 17.8 Å². The molecule has 20 heavy (non-hydrogen) atoms. The first kappa shape index (κ1) is 15.5. The number of halogens is 2. The zero-order chi connectivity index (χ0) is 14.5. The van der Waals surface area contributed by atoms with Crippen molar-refractivity contribution >= 4 is 55.5 Å². The van der Waals surface area contributed by atoms with Gasteiger partial charge in [0.2, 0.25) is 0 Å². The van der Waals surface area contributed by atoms with Gasteiger partial charge < -0.3 is 0 Å². The molecular weight excluding hydrogens is 400 g/mol. The summed E-state index contributed by atoms with van der Waals surface area (Å²) >= 11 is 8.55. The minimum atomic E-state index is 0.00419. The molecule has 0 saturated heterocycles. The van der Waals surface area contributed by atoms with Crippen LogP contribution in [0.4, 0.5) is 0 Å². The Hall–Kier alpha value is -0.840. The number of hydrogen-bond acceptors (Lipinski definition) is 2. The summed E-state index contributed by atoms with van der Waals surface area (Å²) in [5.41, 5.74) is 1.67. The van der Waals surface area contributed by atoms with Crippen LogP contribution < -0.4 is 0 Å². The van der Waals surface area contributed by atoms with Crippen molar-refractivity contribution in [3.8, 4) is 0 Å². The number of carbonyl (C=O) groups excluding carboxylic acids is 1. The quantitative estimate of drug-likeness (QED) is 0.357. The summed E-state index contributed by atoms with van der Waals surface area (Å²) in [6, 6.07) is 13.5. The molecule has 0 bridgehead atoms. The van der Waals surface area contributed by atoms with Gasteiger partial charge in [0.25, 0.3) is 0 Å². The second-order valence-corrected chi connectivity index (χ2v) is 6.74. The van der Waals surface area contributed by atoms with E-state index in [9.17, 15) is 4.79 Å². The van der Waals surface area contributed by atoms with Crippen molar-refractivity contribution in [3.63, 3.8) is 0 Å². The molecule has 0 aliphatic rings. The van der Waals surface area contributed by atoms with E-state index >= 15 is 0 Å². The number of ketones is 1. The number of rotatable bonds is 4. The van der Waals surface area contributed by atoms with E-state index in [-0.39, 0.29) is 5.78 Å². The highest BCUT2D eigenvalue weighted by Gasteiger charge is 2.03. The van der Waals surface area contributed by atoms with Crippen LogP contribution in [-0.2, 0) is 0 Å². The summed E-state index contributed by atoms with van der Waals surface area (Å²) in [6.45, 7) is 0. The van der Waals surface area contributed by atoms with E-state index in [1.807, 2.05) is 54.8 Å². The molecule has 0 heterocycles. The molecule has 0 atom stereocenters. The van der Waals surface area contributed by atoms with Gasteiger partial charge in [0.05, 0.1) is 0 Å². The normalized spacial score (nSPS) is 10.9. The van der Waals surface area contributed by atoms with E-state index in [0.717, 1.165) is 19.4 Å². The van der Waals surface area contributed by atoms with Gasteiger partial charge >= 0.3 is 0 Å². The molecule has 2 aromatic rings. The van der Waals surface area contributed by atoms with Crippen molar-refractivity contribution in [3.05, 3.63) is 68.6 Å². The lowest BCUT2D eigenvalue weighted by Crippen LogP contribution is -1.93. The van der Waals surface area contributed by atoms with Crippen LogP contribution in [0.1, 0.15) is 15.9 Å². The van der Waals surface area contributed by atoms with Crippen molar-refractivity contribution in [2.75, 3.05) is 6.26 Å². The minimum absolute atomic E-state index is 0.00419. The van der Waals surface area contributed by atoms with Gasteiger partial charge in [-0.25, -0.2) is 0 Å². The highest BCUT2D eigenvalue weighted by atomic mass is 79.9. The first-order valence-electron chi connectivity index (χ1n) is 5.91. The minimum Gasteiger partial charge on any atom is -0.289 e. The second kappa shape index (κ2) is 7.25. The average molecular weight is 412 g/mol. The van der Waals surface area contributed by atoms with Crippen molar-refractivity contribution in [1.29, 1.82) is 0 Å². The third-order valence-corrected chi connectivity index (χ3v) is 4.71. The maximum atomic E-state index is 12.1. The Morgan fingerprint density at radius 2 is 1.80 bits per heavy atom. The van der Waals surface area contributed by atoms with Crippen molar-refractivity contribution < 1.29 is 4.79 Å². The Bertz CT molecular complexity index is 648. The SMILES string of the molecule is CSc1ccc(C(=O)C=Cc2cc(Br)ccc2Br)cc1. The zero-order valence-corrected chi connectivity index (χ0v) is 14.8. The Morgan fingerprint density at radius 1 is 1.10 bits per heavy atom. The predicted molar refractivity (Wildman–Crippen MR) is 93.4 cm³/mol. The van der Waals surface area contributed by atoms with Gasteiger partial charge in [0.15, 0.2) is 5.78 Å². The summed E-state index contributed by atoms with van der Waals surface area (Å²) in [7, 11) is 0. The Kier molecular flexibility index (Phi) is 5.64. The molecule has 0 aromatic heterocycles. The maximum absolute atomic E-state index is 12.1. The average Bonchev–Trinajstić information content (AvgIpc) is 2.48. The molecule has 2 aromatic carbocycles. The second-order valence-electron chi connectivity index (χ2n) is 4.09. The van der Waals surface area contributed by atoms with Crippen LogP contribution in [-0.4, -0.2) is 12.0 Å². The first-order valence-corrected chi connectivity index (χ1v) is 8.73. The van der Waals surface area contributed by atoms with Crippen LogP contribution in [0.25, 0.3) is 6.08 Å². The molecule has 4 heteroatoms. The highest BCUT2D eigenvalue weighted by Crippen LogP contribution is 2.23. The fraction of sp³-hybridized carbons (Fsp3) is 0.0625. The molecule has 0 N–H and O–H groups in total. The fourth-order valence-electron chi connectivity index (χ4n) is 1.66. The number of thioether (sulfide) groups is 1. The molecule has 0 unspecified atom stereocenters. The van der Waals surface area contributed by atoms with Crippen LogP contribution >= 0.6 is 43.6 Å². The van der Waals surface area contributed by atoms with Crippen LogP contribution in [0.15, 0.2) is 62.4 Å². The summed E-state index contributed by atoms with van der Waals surface area (Å²) < 4.78 is 1.94. The van der Waals surface area contributed by atoms with Gasteiger partial charge in [-0.15, -0.1) is 11.8 Å². The molecule has 0 aliphatic carbocycles. The largest absolute Gasteiger partial charge is 0.289 e. The predicted octanol–water partition coefficient (Wildman–Crippen LogP) is 5.83. The summed E-state index contributed by atoms with van der Waals surface area (Å²) in [5.74, 6) is 0.00419. The monoisotopic (exact) mass is 410 g/mol. The lowest BCUT2D eigenvalue weighted by atomic mass is 10.1. The van der Waals surface area contributed by atoms with Gasteiger partial charge in [0.1, 0.15) is 0 Å². The molecule has 0 spiro atoms. The van der Waals surface area contributed by atoms with E-state index in [1.165, 1.54) is 0 Å². The number of carbonyl (C=O) groups is 1. The molecular formula is C16H12Br2OS. The van der Waals surface area contributed by atoms with Gasteiger partial charge in [-0.1, -0.05) is 31.9 Å². The van der Waals surface area contributed by atoms with E-state index in [0.29, 0.717) is 5.56 Å². The molecule has 102 valence electrons. The van der Waals surface area contributed by atoms with E-state index in [2.05, 4.69) is 31.9 Å². The number of benzene rings is 2. The van der Waals surface area contributed by atoms with Crippen molar-refractivity contribution in [1.82, 2.24) is 0 Å². The van der Waals surface area contributed by atoms with E-state index in [4.69, 9.17) is 0 Å². The molecule has 0 aliphatic heterocycles. The number of allylic oxidation sites excluding steroid dienone is 1. The highest BCUT2D eigenvalue weighted by molar-refractivity contribution is 9.11. The third-order valence-electron chi connectivity index (χ3n) is 2.75. The van der Waals surface area contributed by atoms with Crippen molar-refractivity contribution in [2.24, 2.45) is 0 Å². The lowest BCUT2D eigenvalue weighted by Gasteiger charge is -2.00. The Morgan fingerprint density at radius 3 is 2.45 bits per heavy atom. The summed E-state index contributed by atoms with van der Waals surface area (Å²) in [4.78, 5) is 13.2. The van der Waals surface area contributed by atoms with Gasteiger partial charge in [0, 0.05) is 19.4 Å². The first-order chi connectivity index (χ1) is 9.60. The van der Waals surface area contributed by atoms with Gasteiger partial charge in [-0.05, 0) is 66.4 Å². The van der Waals surface area contributed by atoms with E-state index < -0.39 is 0 Å². The van der Waals surface area contributed by atoms with Gasteiger partial charge in [-0.3, -0.25) is 4.79 Å². The Labute approximate surface area is 139 Å². The molecule has 1 nitrogen and oxygen atoms in total. The molecule has 0 radical (unpaired) electrons. The fourth-order valence-corrected chi connectivity index (χ4v) is 2.83. The van der Waals surface area contributed by atoms with Crippen LogP contribution in [0.3, 0.4) is 0 Å². The van der Waals surface area contributed by atoms with Crippen LogP contribution in [0.5, 0.6) is 0 Å². The zero-order valence-electron chi connectivity index (χ0n) is 10.8. The topological polar surface area (TPSA) is 17.1 Å². The molecule has 0 saturated carbocycles. The Balaban J connectivity index is 2.17. The van der Waals surface area contributed by atoms with Crippen molar-refractivity contribution in [2.45, 2.75) is 4.90 Å². The molecule has 0 fully saturated rings. The smallest absolute Gasteiger partial charge is 0.185 e. The van der Waals surface area contributed by atoms with Gasteiger partial charge in [-0.2, -0.15) is 0 Å². The standard InChI is InChI=1S/C16H12Br2OS/c1-20-14-6-2-11(3-7-14)16(19)9-4-12-10-13(17)5-8-15(12)18/h2-10H,1H3. The van der Waals surface area contributed by atoms with Crippen LogP contribution in [0.2, 0.25) is 0 Å². The summed E-state index contributed by atoms with van der Waals surface area (Å²) in [6.07, 6.45) is 5.43. The van der Waals surface area contributed by atoms with Crippen LogP contribution in [0, 0.1) is 0 Å². The molecule has 0 amide bonds. The number of hydrogen-bond donors (Lipinski definition) is 0. The lowest BCUT2D eigenvalue weighted by molar-refractivity contribution is 0.104.